The Balaban J connectivity index is 2.13. The molecular weight excluding hydrogens is 248 g/mol. The maximum atomic E-state index is 11.4. The van der Waals surface area contributed by atoms with Gasteiger partial charge in [0, 0.05) is 12.4 Å². The maximum absolute atomic E-state index is 11.4. The number of esters is 1. The summed E-state index contributed by atoms with van der Waals surface area (Å²) in [6.07, 6.45) is 2.84. The predicted molar refractivity (Wildman–Crippen MR) is 67.3 cm³/mol. The summed E-state index contributed by atoms with van der Waals surface area (Å²) in [6, 6.07) is 6.26. The molecular formula is C13H12N2O4. The Bertz CT molecular complexity index is 619. The monoisotopic (exact) mass is 260 g/mol. The molecule has 0 atom stereocenters. The summed E-state index contributed by atoms with van der Waals surface area (Å²) in [5.41, 5.74) is 0.00102. The molecule has 0 aliphatic heterocycles. The smallest absolute Gasteiger partial charge is 0.338 e. The van der Waals surface area contributed by atoms with Crippen LogP contribution >= 0.6 is 0 Å². The number of rotatable bonds is 4. The highest BCUT2D eigenvalue weighted by atomic mass is 16.5. The first kappa shape index (κ1) is 12.8. The lowest BCUT2D eigenvalue weighted by Gasteiger charge is -2.05. The zero-order chi connectivity index (χ0) is 13.7. The summed E-state index contributed by atoms with van der Waals surface area (Å²) >= 11 is 0. The number of H-pyrrole nitrogens is 1. The molecule has 0 spiro atoms. The first-order chi connectivity index (χ1) is 9.20. The van der Waals surface area contributed by atoms with E-state index in [1.807, 2.05) is 0 Å². The van der Waals surface area contributed by atoms with Crippen molar-refractivity contribution in [3.8, 4) is 11.6 Å². The Morgan fingerprint density at radius 2 is 2.05 bits per heavy atom. The number of hydrogen-bond donors (Lipinski definition) is 1. The molecule has 1 N–H and O–H groups in total. The van der Waals surface area contributed by atoms with Gasteiger partial charge in [0.15, 0.2) is 0 Å². The second-order valence-electron chi connectivity index (χ2n) is 3.57. The fraction of sp³-hybridized carbons (Fsp3) is 0.154. The van der Waals surface area contributed by atoms with Crippen molar-refractivity contribution < 1.29 is 14.3 Å². The molecule has 1 heterocycles. The summed E-state index contributed by atoms with van der Waals surface area (Å²) in [6.45, 7) is 2.06. The molecule has 1 aromatic heterocycles. The zero-order valence-corrected chi connectivity index (χ0v) is 10.3. The molecule has 0 radical (unpaired) electrons. The molecule has 98 valence electrons. The third-order valence-corrected chi connectivity index (χ3v) is 2.25. The van der Waals surface area contributed by atoms with Crippen molar-refractivity contribution >= 4 is 5.97 Å². The lowest BCUT2D eigenvalue weighted by atomic mass is 10.2. The number of nitrogens with zero attached hydrogens (tertiary/aromatic N) is 1. The molecule has 6 nitrogen and oxygen atoms in total. The summed E-state index contributed by atoms with van der Waals surface area (Å²) in [4.78, 5) is 29.1. The Hall–Kier alpha value is -2.63. The molecule has 0 saturated heterocycles. The Labute approximate surface area is 109 Å². The number of aromatic amines is 1. The van der Waals surface area contributed by atoms with Crippen LogP contribution in [0.4, 0.5) is 0 Å². The van der Waals surface area contributed by atoms with Crippen molar-refractivity contribution in [1.29, 1.82) is 0 Å². The van der Waals surface area contributed by atoms with Crippen LogP contribution in [0.2, 0.25) is 0 Å². The van der Waals surface area contributed by atoms with Gasteiger partial charge in [0.05, 0.1) is 12.2 Å². The topological polar surface area (TPSA) is 81.3 Å². The first-order valence-electron chi connectivity index (χ1n) is 5.69. The van der Waals surface area contributed by atoms with E-state index in [0.717, 1.165) is 0 Å². The molecule has 1 aromatic carbocycles. The second-order valence-corrected chi connectivity index (χ2v) is 3.57. The number of aromatic nitrogens is 2. The Morgan fingerprint density at radius 1 is 1.32 bits per heavy atom. The van der Waals surface area contributed by atoms with Crippen LogP contribution in [0.5, 0.6) is 11.6 Å². The van der Waals surface area contributed by atoms with Gasteiger partial charge < -0.3 is 14.5 Å². The molecule has 0 fully saturated rings. The van der Waals surface area contributed by atoms with E-state index in [1.165, 1.54) is 12.4 Å². The van der Waals surface area contributed by atoms with Crippen LogP contribution in [0.25, 0.3) is 0 Å². The molecule has 0 saturated carbocycles. The van der Waals surface area contributed by atoms with E-state index in [2.05, 4.69) is 9.97 Å². The summed E-state index contributed by atoms with van der Waals surface area (Å²) < 4.78 is 10.2. The van der Waals surface area contributed by atoms with Crippen molar-refractivity contribution in [2.45, 2.75) is 6.92 Å². The van der Waals surface area contributed by atoms with Gasteiger partial charge in [-0.3, -0.25) is 4.79 Å². The zero-order valence-electron chi connectivity index (χ0n) is 10.3. The van der Waals surface area contributed by atoms with E-state index >= 15 is 0 Å². The molecule has 0 amide bonds. The van der Waals surface area contributed by atoms with Crippen molar-refractivity contribution in [2.75, 3.05) is 6.61 Å². The summed E-state index contributed by atoms with van der Waals surface area (Å²) in [7, 11) is 0. The Kier molecular flexibility index (Phi) is 3.92. The summed E-state index contributed by atoms with van der Waals surface area (Å²) in [5, 5.41) is 0. The minimum absolute atomic E-state index is 0.0496. The van der Waals surface area contributed by atoms with Gasteiger partial charge in [-0.1, -0.05) is 0 Å². The van der Waals surface area contributed by atoms with E-state index in [1.54, 1.807) is 31.2 Å². The van der Waals surface area contributed by atoms with Gasteiger partial charge in [0.1, 0.15) is 5.75 Å². The van der Waals surface area contributed by atoms with E-state index in [9.17, 15) is 9.59 Å². The average Bonchev–Trinajstić information content (AvgIpc) is 2.42. The minimum atomic E-state index is -0.419. The van der Waals surface area contributed by atoms with Crippen LogP contribution < -0.4 is 10.3 Å². The van der Waals surface area contributed by atoms with Crippen molar-refractivity contribution in [1.82, 2.24) is 9.97 Å². The molecule has 2 aromatic rings. The third kappa shape index (κ3) is 3.19. The molecule has 19 heavy (non-hydrogen) atoms. The highest BCUT2D eigenvalue weighted by molar-refractivity contribution is 5.89. The van der Waals surface area contributed by atoms with Gasteiger partial charge in [0.2, 0.25) is 0 Å². The second kappa shape index (κ2) is 5.81. The van der Waals surface area contributed by atoms with E-state index in [0.29, 0.717) is 17.9 Å². The van der Waals surface area contributed by atoms with Crippen molar-refractivity contribution in [3.05, 3.63) is 52.6 Å². The quantitative estimate of drug-likeness (QED) is 0.847. The SMILES string of the molecule is CCOC(=O)c1ccc(Oc2ncc[nH]c2=O)cc1. The molecule has 6 heteroatoms. The van der Waals surface area contributed by atoms with Crippen LogP contribution in [0, 0.1) is 0 Å². The van der Waals surface area contributed by atoms with Gasteiger partial charge in [-0.2, -0.15) is 0 Å². The fourth-order valence-corrected chi connectivity index (χ4v) is 1.40. The normalized spacial score (nSPS) is 9.95. The standard InChI is InChI=1S/C13H12N2O4/c1-2-18-13(17)9-3-5-10(6-4-9)19-12-11(16)14-7-8-15-12/h3-8H,2H2,1H3,(H,14,16). The number of ether oxygens (including phenoxy) is 2. The number of carbonyl (C=O) groups excluding carboxylic acids is 1. The van der Waals surface area contributed by atoms with Crippen LogP contribution in [0.3, 0.4) is 0 Å². The molecule has 0 aliphatic rings. The highest BCUT2D eigenvalue weighted by Crippen LogP contribution is 2.17. The van der Waals surface area contributed by atoms with Crippen LogP contribution in [-0.4, -0.2) is 22.5 Å². The van der Waals surface area contributed by atoms with Gasteiger partial charge in [0.25, 0.3) is 5.88 Å². The van der Waals surface area contributed by atoms with Crippen molar-refractivity contribution in [3.63, 3.8) is 0 Å². The van der Waals surface area contributed by atoms with Gasteiger partial charge >= 0.3 is 11.5 Å². The number of nitrogens with one attached hydrogen (secondary N) is 1. The molecule has 0 bridgehead atoms. The van der Waals surface area contributed by atoms with E-state index in [4.69, 9.17) is 9.47 Å². The fourth-order valence-electron chi connectivity index (χ4n) is 1.40. The minimum Gasteiger partial charge on any atom is -0.462 e. The van der Waals surface area contributed by atoms with Crippen LogP contribution in [0.15, 0.2) is 41.5 Å². The van der Waals surface area contributed by atoms with Crippen molar-refractivity contribution in [2.24, 2.45) is 0 Å². The number of carbonyl (C=O) groups is 1. The van der Waals surface area contributed by atoms with Gasteiger partial charge in [-0.25, -0.2) is 9.78 Å². The molecule has 2 rings (SSSR count). The van der Waals surface area contributed by atoms with Crippen LogP contribution in [-0.2, 0) is 4.74 Å². The number of benzene rings is 1. The van der Waals surface area contributed by atoms with Crippen LogP contribution in [0.1, 0.15) is 17.3 Å². The third-order valence-electron chi connectivity index (χ3n) is 2.25. The van der Waals surface area contributed by atoms with E-state index < -0.39 is 11.5 Å². The van der Waals surface area contributed by atoms with E-state index in [-0.39, 0.29) is 5.88 Å². The maximum Gasteiger partial charge on any atom is 0.338 e. The average molecular weight is 260 g/mol. The molecule has 0 unspecified atom stereocenters. The first-order valence-corrected chi connectivity index (χ1v) is 5.69. The molecule has 0 aliphatic carbocycles. The Morgan fingerprint density at radius 3 is 2.68 bits per heavy atom. The van der Waals surface area contributed by atoms with Gasteiger partial charge in [-0.15, -0.1) is 0 Å². The predicted octanol–water partition coefficient (Wildman–Crippen LogP) is 1.74. The summed E-state index contributed by atoms with van der Waals surface area (Å²) in [5.74, 6) is -0.0339. The number of hydrogen-bond acceptors (Lipinski definition) is 5. The van der Waals surface area contributed by atoms with Gasteiger partial charge in [-0.05, 0) is 31.2 Å². The lowest BCUT2D eigenvalue weighted by Crippen LogP contribution is -2.09. The largest absolute Gasteiger partial charge is 0.462 e. The highest BCUT2D eigenvalue weighted by Gasteiger charge is 2.07. The lowest BCUT2D eigenvalue weighted by molar-refractivity contribution is 0.0526.